The normalized spacial score (nSPS) is 21.2. The van der Waals surface area contributed by atoms with Gasteiger partial charge in [0.1, 0.15) is 5.82 Å². The van der Waals surface area contributed by atoms with Crippen molar-refractivity contribution in [3.63, 3.8) is 0 Å². The van der Waals surface area contributed by atoms with Gasteiger partial charge in [-0.2, -0.15) is 0 Å². The molecule has 0 bridgehead atoms. The van der Waals surface area contributed by atoms with Crippen LogP contribution in [-0.4, -0.2) is 25.7 Å². The molecule has 1 N–H and O–H groups in total. The van der Waals surface area contributed by atoms with Gasteiger partial charge in [-0.1, -0.05) is 13.0 Å². The number of benzene rings is 1. The van der Waals surface area contributed by atoms with Gasteiger partial charge in [-0.05, 0) is 34.5 Å². The lowest BCUT2D eigenvalue weighted by Gasteiger charge is -2.35. The molecule has 1 saturated heterocycles. The van der Waals surface area contributed by atoms with Crippen LogP contribution in [0.3, 0.4) is 0 Å². The summed E-state index contributed by atoms with van der Waals surface area (Å²) in [5.74, 6) is -0.147. The third-order valence-corrected chi connectivity index (χ3v) is 3.64. The first-order valence-corrected chi connectivity index (χ1v) is 6.44. The maximum Gasteiger partial charge on any atom is 0.147 e. The van der Waals surface area contributed by atoms with E-state index >= 15 is 0 Å². The summed E-state index contributed by atoms with van der Waals surface area (Å²) >= 11 is 3.42. The molecule has 1 aliphatic heterocycles. The van der Waals surface area contributed by atoms with E-state index < -0.39 is 0 Å². The van der Waals surface area contributed by atoms with Gasteiger partial charge in [0.2, 0.25) is 0 Å². The number of halogens is 2. The monoisotopic (exact) mass is 286 g/mol. The molecular weight excluding hydrogens is 271 g/mol. The fourth-order valence-corrected chi connectivity index (χ4v) is 2.69. The Morgan fingerprint density at radius 3 is 3.06 bits per heavy atom. The summed E-state index contributed by atoms with van der Waals surface area (Å²) in [7, 11) is 0. The minimum atomic E-state index is -0.147. The van der Waals surface area contributed by atoms with Gasteiger partial charge in [0.25, 0.3) is 0 Å². The van der Waals surface area contributed by atoms with Crippen molar-refractivity contribution >= 4 is 21.6 Å². The van der Waals surface area contributed by atoms with Gasteiger partial charge < -0.3 is 10.2 Å². The van der Waals surface area contributed by atoms with E-state index in [-0.39, 0.29) is 5.82 Å². The van der Waals surface area contributed by atoms with Crippen molar-refractivity contribution in [2.45, 2.75) is 19.4 Å². The topological polar surface area (TPSA) is 15.3 Å². The van der Waals surface area contributed by atoms with Crippen molar-refractivity contribution in [2.75, 3.05) is 24.5 Å². The summed E-state index contributed by atoms with van der Waals surface area (Å²) in [6.45, 7) is 4.79. The molecule has 2 rings (SSSR count). The lowest BCUT2D eigenvalue weighted by atomic mass is 10.1. The van der Waals surface area contributed by atoms with E-state index in [1.54, 1.807) is 6.07 Å². The average Bonchev–Trinajstić information content (AvgIpc) is 2.29. The zero-order valence-corrected chi connectivity index (χ0v) is 10.9. The van der Waals surface area contributed by atoms with Gasteiger partial charge >= 0.3 is 0 Å². The average molecular weight is 287 g/mol. The number of anilines is 1. The third-order valence-electron chi connectivity index (χ3n) is 3.00. The summed E-state index contributed by atoms with van der Waals surface area (Å²) in [4.78, 5) is 2.12. The Balaban J connectivity index is 2.23. The minimum Gasteiger partial charge on any atom is -0.365 e. The van der Waals surface area contributed by atoms with Gasteiger partial charge in [0.15, 0.2) is 0 Å². The number of nitrogens with zero attached hydrogens (tertiary/aromatic N) is 1. The maximum absolute atomic E-state index is 13.8. The molecule has 0 amide bonds. The summed E-state index contributed by atoms with van der Waals surface area (Å²) < 4.78 is 14.6. The van der Waals surface area contributed by atoms with Gasteiger partial charge in [0.05, 0.1) is 5.69 Å². The Morgan fingerprint density at radius 2 is 2.38 bits per heavy atom. The summed E-state index contributed by atoms with van der Waals surface area (Å²) in [5.41, 5.74) is 0.697. The Morgan fingerprint density at radius 1 is 1.56 bits per heavy atom. The van der Waals surface area contributed by atoms with Crippen LogP contribution in [0.4, 0.5) is 10.1 Å². The highest BCUT2D eigenvalue weighted by molar-refractivity contribution is 9.10. The Hall–Kier alpha value is -0.610. The molecule has 1 atom stereocenters. The first-order valence-electron chi connectivity index (χ1n) is 5.64. The molecule has 88 valence electrons. The van der Waals surface area contributed by atoms with Gasteiger partial charge in [-0.3, -0.25) is 0 Å². The molecule has 0 aliphatic carbocycles. The van der Waals surface area contributed by atoms with Crippen LogP contribution >= 0.6 is 15.9 Å². The number of nitrogens with one attached hydrogen (secondary N) is 1. The second kappa shape index (κ2) is 5.15. The zero-order valence-electron chi connectivity index (χ0n) is 9.34. The van der Waals surface area contributed by atoms with Crippen LogP contribution in [0.2, 0.25) is 0 Å². The minimum absolute atomic E-state index is 0.147. The molecule has 0 aromatic heterocycles. The quantitative estimate of drug-likeness (QED) is 0.899. The second-order valence-corrected chi connectivity index (χ2v) is 4.93. The highest BCUT2D eigenvalue weighted by atomic mass is 79.9. The number of hydrogen-bond donors (Lipinski definition) is 1. The van der Waals surface area contributed by atoms with E-state index in [0.29, 0.717) is 11.7 Å². The summed E-state index contributed by atoms with van der Waals surface area (Å²) in [6, 6.07) is 5.59. The van der Waals surface area contributed by atoms with Gasteiger partial charge in [-0.15, -0.1) is 0 Å². The number of hydrogen-bond acceptors (Lipinski definition) is 2. The van der Waals surface area contributed by atoms with Crippen molar-refractivity contribution in [1.29, 1.82) is 0 Å². The molecule has 1 unspecified atom stereocenters. The molecule has 0 radical (unpaired) electrons. The molecule has 4 heteroatoms. The fourth-order valence-electron chi connectivity index (χ4n) is 2.09. The second-order valence-electron chi connectivity index (χ2n) is 4.08. The maximum atomic E-state index is 13.8. The van der Waals surface area contributed by atoms with E-state index in [1.807, 2.05) is 6.07 Å². The predicted molar refractivity (Wildman–Crippen MR) is 68.4 cm³/mol. The van der Waals surface area contributed by atoms with Crippen LogP contribution in [0, 0.1) is 5.82 Å². The van der Waals surface area contributed by atoms with E-state index in [4.69, 9.17) is 0 Å². The van der Waals surface area contributed by atoms with Crippen molar-refractivity contribution in [3.05, 3.63) is 28.5 Å². The van der Waals surface area contributed by atoms with Crippen LogP contribution in [0.1, 0.15) is 13.3 Å². The highest BCUT2D eigenvalue weighted by Gasteiger charge is 2.21. The predicted octanol–water partition coefficient (Wildman–Crippen LogP) is 2.78. The molecule has 2 nitrogen and oxygen atoms in total. The molecular formula is C12H16BrFN2. The molecule has 1 aromatic carbocycles. The number of rotatable bonds is 2. The molecule has 16 heavy (non-hydrogen) atoms. The van der Waals surface area contributed by atoms with E-state index in [0.717, 1.165) is 30.5 Å². The smallest absolute Gasteiger partial charge is 0.147 e. The highest BCUT2D eigenvalue weighted by Crippen LogP contribution is 2.29. The summed E-state index contributed by atoms with van der Waals surface area (Å²) in [6.07, 6.45) is 1.07. The van der Waals surface area contributed by atoms with Crippen molar-refractivity contribution in [3.8, 4) is 0 Å². The molecule has 0 saturated carbocycles. The van der Waals surface area contributed by atoms with Crippen LogP contribution in [0.25, 0.3) is 0 Å². The Bertz CT molecular complexity index is 350. The Kier molecular flexibility index (Phi) is 3.82. The lowest BCUT2D eigenvalue weighted by molar-refractivity contribution is 0.442. The first kappa shape index (κ1) is 11.9. The SMILES string of the molecule is CCC1CN(c2c(F)cccc2Br)CCN1. The lowest BCUT2D eigenvalue weighted by Crippen LogP contribution is -2.50. The first-order chi connectivity index (χ1) is 7.72. The van der Waals surface area contributed by atoms with Gasteiger partial charge in [-0.25, -0.2) is 4.39 Å². The third kappa shape index (κ3) is 2.38. The molecule has 1 aliphatic rings. The molecule has 1 aromatic rings. The summed E-state index contributed by atoms with van der Waals surface area (Å²) in [5, 5.41) is 3.43. The van der Waals surface area contributed by atoms with Crippen molar-refractivity contribution in [2.24, 2.45) is 0 Å². The van der Waals surface area contributed by atoms with Crippen LogP contribution in [0.15, 0.2) is 22.7 Å². The standard InChI is InChI=1S/C12H16BrFN2/c1-2-9-8-16(7-6-15-9)12-10(13)4-3-5-11(12)14/h3-5,9,15H,2,6-8H2,1H3. The van der Waals surface area contributed by atoms with Crippen LogP contribution in [-0.2, 0) is 0 Å². The number of para-hydroxylation sites is 1. The molecule has 1 heterocycles. The largest absolute Gasteiger partial charge is 0.365 e. The van der Waals surface area contributed by atoms with Crippen molar-refractivity contribution in [1.82, 2.24) is 5.32 Å². The van der Waals surface area contributed by atoms with Crippen molar-refractivity contribution < 1.29 is 4.39 Å². The Labute approximate surface area is 104 Å². The van der Waals surface area contributed by atoms with E-state index in [1.165, 1.54) is 6.07 Å². The van der Waals surface area contributed by atoms with E-state index in [9.17, 15) is 4.39 Å². The fraction of sp³-hybridized carbons (Fsp3) is 0.500. The molecule has 0 spiro atoms. The van der Waals surface area contributed by atoms with E-state index in [2.05, 4.69) is 33.1 Å². The van der Waals surface area contributed by atoms with Crippen LogP contribution < -0.4 is 10.2 Å². The zero-order chi connectivity index (χ0) is 11.5. The number of piperazine rings is 1. The molecule has 1 fully saturated rings. The van der Waals surface area contributed by atoms with Gasteiger partial charge in [0, 0.05) is 30.1 Å². The van der Waals surface area contributed by atoms with Crippen LogP contribution in [0.5, 0.6) is 0 Å².